The van der Waals surface area contributed by atoms with Crippen molar-refractivity contribution < 1.29 is 9.90 Å². The van der Waals surface area contributed by atoms with Crippen molar-refractivity contribution in [3.8, 4) is 0 Å². The quantitative estimate of drug-likeness (QED) is 0.803. The Morgan fingerprint density at radius 2 is 2.54 bits per heavy atom. The molecule has 0 amide bonds. The summed E-state index contributed by atoms with van der Waals surface area (Å²) < 4.78 is 0. The van der Waals surface area contributed by atoms with E-state index in [0.29, 0.717) is 5.92 Å². The molecule has 1 aliphatic carbocycles. The van der Waals surface area contributed by atoms with Crippen molar-refractivity contribution in [3.05, 3.63) is 16.6 Å². The highest BCUT2D eigenvalue weighted by Crippen LogP contribution is 2.37. The molecule has 0 aliphatic heterocycles. The van der Waals surface area contributed by atoms with Crippen molar-refractivity contribution in [1.29, 1.82) is 0 Å². The lowest BCUT2D eigenvalue weighted by Gasteiger charge is -2.32. The Kier molecular flexibility index (Phi) is 2.31. The van der Waals surface area contributed by atoms with Crippen molar-refractivity contribution in [2.45, 2.75) is 19.3 Å². The summed E-state index contributed by atoms with van der Waals surface area (Å²) in [7, 11) is 0. The molecule has 3 nitrogen and oxygen atoms in total. The predicted octanol–water partition coefficient (Wildman–Crippen LogP) is 1.80. The Hall–Kier alpha value is -0.900. The molecule has 2 unspecified atom stereocenters. The molecule has 0 saturated heterocycles. The molecule has 1 saturated carbocycles. The average molecular weight is 197 g/mol. The third-order valence-corrected chi connectivity index (χ3v) is 3.48. The first-order valence-corrected chi connectivity index (χ1v) is 5.25. The van der Waals surface area contributed by atoms with Gasteiger partial charge in [-0.1, -0.05) is 0 Å². The number of aromatic nitrogens is 1. The molecule has 2 atom stereocenters. The van der Waals surface area contributed by atoms with Crippen molar-refractivity contribution in [2.24, 2.45) is 11.8 Å². The summed E-state index contributed by atoms with van der Waals surface area (Å²) in [5.74, 6) is -0.402. The van der Waals surface area contributed by atoms with Gasteiger partial charge in [-0.15, -0.1) is 11.3 Å². The van der Waals surface area contributed by atoms with E-state index in [9.17, 15) is 4.79 Å². The Labute approximate surface area is 80.4 Å². The summed E-state index contributed by atoms with van der Waals surface area (Å²) >= 11 is 1.61. The molecule has 0 spiro atoms. The molecular formula is C9H11NO2S. The van der Waals surface area contributed by atoms with Crippen LogP contribution < -0.4 is 0 Å². The first kappa shape index (κ1) is 8.69. The molecule has 1 aromatic rings. The maximum Gasteiger partial charge on any atom is 0.306 e. The summed E-state index contributed by atoms with van der Waals surface area (Å²) in [5.41, 5.74) is 1.80. The highest BCUT2D eigenvalue weighted by Gasteiger charge is 2.36. The van der Waals surface area contributed by atoms with E-state index in [4.69, 9.17) is 5.11 Å². The standard InChI is InChI=1S/C9H11NO2S/c11-9(12)8-2-1-6(8)3-7-4-10-5-13-7/h4-6,8H,1-3H2,(H,11,12). The van der Waals surface area contributed by atoms with Gasteiger partial charge < -0.3 is 5.11 Å². The van der Waals surface area contributed by atoms with Crippen LogP contribution in [0.15, 0.2) is 11.7 Å². The van der Waals surface area contributed by atoms with Gasteiger partial charge in [-0.25, -0.2) is 0 Å². The van der Waals surface area contributed by atoms with Crippen molar-refractivity contribution >= 4 is 17.3 Å². The second kappa shape index (κ2) is 3.46. The highest BCUT2D eigenvalue weighted by atomic mass is 32.1. The van der Waals surface area contributed by atoms with E-state index in [1.165, 1.54) is 4.88 Å². The first-order chi connectivity index (χ1) is 6.27. The number of carboxylic acid groups (broad SMARTS) is 1. The van der Waals surface area contributed by atoms with E-state index in [1.807, 2.05) is 6.20 Å². The summed E-state index contributed by atoms with van der Waals surface area (Å²) in [6.07, 6.45) is 4.62. The molecule has 4 heteroatoms. The normalized spacial score (nSPS) is 26.8. The minimum Gasteiger partial charge on any atom is -0.481 e. The van der Waals surface area contributed by atoms with Crippen LogP contribution in [0.1, 0.15) is 17.7 Å². The van der Waals surface area contributed by atoms with Crippen LogP contribution >= 0.6 is 11.3 Å². The first-order valence-electron chi connectivity index (χ1n) is 4.37. The van der Waals surface area contributed by atoms with E-state index in [2.05, 4.69) is 4.98 Å². The maximum atomic E-state index is 10.7. The number of carbonyl (C=O) groups is 1. The largest absolute Gasteiger partial charge is 0.481 e. The van der Waals surface area contributed by atoms with E-state index < -0.39 is 5.97 Å². The zero-order valence-corrected chi connectivity index (χ0v) is 7.96. The monoisotopic (exact) mass is 197 g/mol. The van der Waals surface area contributed by atoms with E-state index >= 15 is 0 Å². The fourth-order valence-corrected chi connectivity index (χ4v) is 2.43. The van der Waals surface area contributed by atoms with Gasteiger partial charge in [-0.2, -0.15) is 0 Å². The lowest BCUT2D eigenvalue weighted by molar-refractivity contribution is -0.147. The van der Waals surface area contributed by atoms with Crippen LogP contribution in [-0.2, 0) is 11.2 Å². The average Bonchev–Trinajstić information content (AvgIpc) is 2.48. The topological polar surface area (TPSA) is 50.2 Å². The zero-order chi connectivity index (χ0) is 9.26. The van der Waals surface area contributed by atoms with Crippen LogP contribution in [-0.4, -0.2) is 16.1 Å². The van der Waals surface area contributed by atoms with Gasteiger partial charge in [0.05, 0.1) is 11.4 Å². The summed E-state index contributed by atoms with van der Waals surface area (Å²) in [5, 5.41) is 8.82. The van der Waals surface area contributed by atoms with Crippen molar-refractivity contribution in [1.82, 2.24) is 4.98 Å². The van der Waals surface area contributed by atoms with Crippen LogP contribution in [0.2, 0.25) is 0 Å². The molecule has 13 heavy (non-hydrogen) atoms. The molecule has 1 N–H and O–H groups in total. The number of aliphatic carboxylic acids is 1. The molecule has 1 heterocycles. The Morgan fingerprint density at radius 3 is 3.00 bits per heavy atom. The van der Waals surface area contributed by atoms with Crippen LogP contribution in [0, 0.1) is 11.8 Å². The number of thiazole rings is 1. The lowest BCUT2D eigenvalue weighted by atomic mass is 9.72. The Bertz CT molecular complexity index is 297. The third kappa shape index (κ3) is 1.72. The molecule has 1 fully saturated rings. The minimum absolute atomic E-state index is 0.109. The second-order valence-corrected chi connectivity index (χ2v) is 4.42. The van der Waals surface area contributed by atoms with Crippen LogP contribution in [0.3, 0.4) is 0 Å². The highest BCUT2D eigenvalue weighted by molar-refractivity contribution is 7.09. The molecule has 70 valence electrons. The van der Waals surface area contributed by atoms with Crippen LogP contribution in [0.5, 0.6) is 0 Å². The zero-order valence-electron chi connectivity index (χ0n) is 7.14. The maximum absolute atomic E-state index is 10.7. The predicted molar refractivity (Wildman–Crippen MR) is 49.7 cm³/mol. The molecule has 1 aliphatic rings. The summed E-state index contributed by atoms with van der Waals surface area (Å²) in [6, 6.07) is 0. The van der Waals surface area contributed by atoms with Gasteiger partial charge in [0.25, 0.3) is 0 Å². The second-order valence-electron chi connectivity index (χ2n) is 3.45. The van der Waals surface area contributed by atoms with E-state index in [0.717, 1.165) is 19.3 Å². The smallest absolute Gasteiger partial charge is 0.306 e. The number of rotatable bonds is 3. The fourth-order valence-electron chi connectivity index (χ4n) is 1.74. The molecule has 0 bridgehead atoms. The van der Waals surface area contributed by atoms with Gasteiger partial charge in [0.15, 0.2) is 0 Å². The van der Waals surface area contributed by atoms with E-state index in [1.54, 1.807) is 16.8 Å². The van der Waals surface area contributed by atoms with Crippen molar-refractivity contribution in [3.63, 3.8) is 0 Å². The fraction of sp³-hybridized carbons (Fsp3) is 0.556. The molecule has 2 rings (SSSR count). The van der Waals surface area contributed by atoms with Crippen LogP contribution in [0.25, 0.3) is 0 Å². The Morgan fingerprint density at radius 1 is 1.69 bits per heavy atom. The van der Waals surface area contributed by atoms with E-state index in [-0.39, 0.29) is 5.92 Å². The number of hydrogen-bond acceptors (Lipinski definition) is 3. The number of carboxylic acids is 1. The molecule has 0 radical (unpaired) electrons. The SMILES string of the molecule is O=C(O)C1CCC1Cc1cncs1. The van der Waals surface area contributed by atoms with Gasteiger partial charge >= 0.3 is 5.97 Å². The van der Waals surface area contributed by atoms with Crippen molar-refractivity contribution in [2.75, 3.05) is 0 Å². The third-order valence-electron chi connectivity index (χ3n) is 2.68. The van der Waals surface area contributed by atoms with Crippen LogP contribution in [0.4, 0.5) is 0 Å². The van der Waals surface area contributed by atoms with Gasteiger partial charge in [0, 0.05) is 11.1 Å². The van der Waals surface area contributed by atoms with Gasteiger partial charge in [0.1, 0.15) is 0 Å². The summed E-state index contributed by atoms with van der Waals surface area (Å²) in [4.78, 5) is 15.9. The van der Waals surface area contributed by atoms with Gasteiger partial charge in [-0.05, 0) is 25.2 Å². The Balaban J connectivity index is 1.93. The molecular weight excluding hydrogens is 186 g/mol. The van der Waals surface area contributed by atoms with Gasteiger partial charge in [0.2, 0.25) is 0 Å². The number of nitrogens with zero attached hydrogens (tertiary/aromatic N) is 1. The lowest BCUT2D eigenvalue weighted by Crippen LogP contribution is -2.33. The summed E-state index contributed by atoms with van der Waals surface area (Å²) in [6.45, 7) is 0. The molecule has 1 aromatic heterocycles. The minimum atomic E-state index is -0.638. The molecule has 0 aromatic carbocycles. The number of hydrogen-bond donors (Lipinski definition) is 1. The van der Waals surface area contributed by atoms with Gasteiger partial charge in [-0.3, -0.25) is 9.78 Å².